The Morgan fingerprint density at radius 3 is 2.29 bits per heavy atom. The molecule has 6 rings (SSSR count). The molecule has 10 atom stereocenters. The lowest BCUT2D eigenvalue weighted by atomic mass is 10.1. The summed E-state index contributed by atoms with van der Waals surface area (Å²) in [6.45, 7) is -0.772. The number of phosphoric ester groups is 1. The summed E-state index contributed by atoms with van der Waals surface area (Å²) in [5.41, 5.74) is 6.87. The number of imidazole rings is 2. The second-order valence-corrected chi connectivity index (χ2v) is 11.8. The quantitative estimate of drug-likeness (QED) is 0.103. The lowest BCUT2D eigenvalue weighted by Gasteiger charge is -2.23. The number of phosphoric acid groups is 1. The van der Waals surface area contributed by atoms with Gasteiger partial charge >= 0.3 is 16.1 Å². The summed E-state index contributed by atoms with van der Waals surface area (Å²) in [5.74, 6) is 0.478. The number of hydrogen-bond acceptors (Lipinski definition) is 18. The summed E-state index contributed by atoms with van der Waals surface area (Å²) in [5, 5.41) is 24.9. The Kier molecular flexibility index (Phi) is 8.73. The van der Waals surface area contributed by atoms with Crippen LogP contribution in [0.25, 0.3) is 22.3 Å². The van der Waals surface area contributed by atoms with Crippen molar-refractivity contribution in [1.29, 1.82) is 0 Å². The molecule has 2 unspecified atom stereocenters. The molecule has 2 saturated heterocycles. The molecular formula is C21H27N10O12P2+. The van der Waals surface area contributed by atoms with Gasteiger partial charge in [-0.3, -0.25) is 18.2 Å². The topological polar surface area (TPSA) is 296 Å². The van der Waals surface area contributed by atoms with Crippen LogP contribution in [0.2, 0.25) is 0 Å². The number of ether oxygens (including phenoxy) is 3. The highest BCUT2D eigenvalue weighted by Gasteiger charge is 2.53. The van der Waals surface area contributed by atoms with Crippen molar-refractivity contribution in [1.82, 2.24) is 39.0 Å². The van der Waals surface area contributed by atoms with E-state index in [0.717, 1.165) is 0 Å². The van der Waals surface area contributed by atoms with Crippen molar-refractivity contribution in [3.8, 4) is 0 Å². The number of anilines is 2. The molecule has 0 aromatic carbocycles. The van der Waals surface area contributed by atoms with Crippen molar-refractivity contribution in [2.24, 2.45) is 0 Å². The van der Waals surface area contributed by atoms with E-state index in [1.807, 2.05) is 0 Å². The first-order valence-electron chi connectivity index (χ1n) is 13.0. The summed E-state index contributed by atoms with van der Waals surface area (Å²) in [7, 11) is -5.44. The number of hydrogen-bond donors (Lipinski definition) is 6. The largest absolute Gasteiger partial charge is 0.695 e. The van der Waals surface area contributed by atoms with Crippen LogP contribution >= 0.6 is 16.1 Å². The zero-order valence-corrected chi connectivity index (χ0v) is 25.0. The number of aliphatic hydroxyl groups excluding tert-OH is 2. The maximum Gasteiger partial charge on any atom is 0.695 e. The van der Waals surface area contributed by atoms with E-state index >= 15 is 0 Å². The molecule has 2 aliphatic heterocycles. The van der Waals surface area contributed by atoms with Crippen molar-refractivity contribution in [3.05, 3.63) is 25.3 Å². The van der Waals surface area contributed by atoms with Crippen LogP contribution in [0.3, 0.4) is 0 Å². The Morgan fingerprint density at radius 2 is 1.62 bits per heavy atom. The molecule has 2 aliphatic rings. The van der Waals surface area contributed by atoms with Crippen molar-refractivity contribution < 1.29 is 56.9 Å². The summed E-state index contributed by atoms with van der Waals surface area (Å²) >= 11 is 0. The van der Waals surface area contributed by atoms with Crippen LogP contribution in [0.5, 0.6) is 0 Å². The molecule has 7 N–H and O–H groups in total. The molecule has 0 aliphatic carbocycles. The monoisotopic (exact) mass is 673 g/mol. The minimum Gasteiger partial charge on any atom is -0.385 e. The number of aliphatic hydroxyl groups is 2. The predicted octanol–water partition coefficient (Wildman–Crippen LogP) is -1.05. The van der Waals surface area contributed by atoms with Crippen molar-refractivity contribution in [2.75, 3.05) is 31.8 Å². The number of aromatic nitrogens is 8. The molecule has 0 bridgehead atoms. The summed E-state index contributed by atoms with van der Waals surface area (Å²) in [6, 6.07) is 0. The summed E-state index contributed by atoms with van der Waals surface area (Å²) < 4.78 is 59.4. The average molecular weight is 673 g/mol. The minimum absolute atomic E-state index is 0.0855. The van der Waals surface area contributed by atoms with Crippen LogP contribution in [0.1, 0.15) is 12.5 Å². The van der Waals surface area contributed by atoms with Gasteiger partial charge in [-0.1, -0.05) is 0 Å². The molecule has 4 aromatic heterocycles. The molecule has 45 heavy (non-hydrogen) atoms. The van der Waals surface area contributed by atoms with Gasteiger partial charge in [-0.05, 0) is 0 Å². The number of fused-ring (bicyclic) bond motifs is 2. The number of methoxy groups -OCH3 is 1. The van der Waals surface area contributed by atoms with Gasteiger partial charge in [0.2, 0.25) is 0 Å². The highest BCUT2D eigenvalue weighted by Crippen LogP contribution is 2.50. The van der Waals surface area contributed by atoms with E-state index in [1.54, 1.807) is 7.05 Å². The number of nitrogens with two attached hydrogens (primary N) is 1. The normalized spacial score (nSPS) is 30.2. The first kappa shape index (κ1) is 31.6. The van der Waals surface area contributed by atoms with Gasteiger partial charge in [-0.25, -0.2) is 34.5 Å². The van der Waals surface area contributed by atoms with Crippen LogP contribution in [0.4, 0.5) is 11.6 Å². The van der Waals surface area contributed by atoms with Gasteiger partial charge < -0.3 is 40.4 Å². The van der Waals surface area contributed by atoms with Gasteiger partial charge in [-0.15, -0.1) is 9.42 Å². The van der Waals surface area contributed by atoms with Crippen LogP contribution in [-0.2, 0) is 36.9 Å². The summed E-state index contributed by atoms with van der Waals surface area (Å²) in [4.78, 5) is 44.5. The third-order valence-corrected chi connectivity index (χ3v) is 8.52. The van der Waals surface area contributed by atoms with E-state index < -0.39 is 72.0 Å². The highest BCUT2D eigenvalue weighted by atomic mass is 31.2. The van der Waals surface area contributed by atoms with Crippen molar-refractivity contribution in [3.63, 3.8) is 0 Å². The van der Waals surface area contributed by atoms with Gasteiger partial charge in [0, 0.05) is 18.7 Å². The zero-order valence-electron chi connectivity index (χ0n) is 23.2. The van der Waals surface area contributed by atoms with E-state index in [9.17, 15) is 29.1 Å². The molecular weight excluding hydrogens is 646 g/mol. The van der Waals surface area contributed by atoms with E-state index in [1.165, 1.54) is 41.6 Å². The molecule has 0 saturated carbocycles. The lowest BCUT2D eigenvalue weighted by Crippen LogP contribution is -2.36. The second-order valence-electron chi connectivity index (χ2n) is 9.70. The van der Waals surface area contributed by atoms with Crippen LogP contribution < -0.4 is 11.1 Å². The lowest BCUT2D eigenvalue weighted by molar-refractivity contribution is -0.159. The molecule has 24 heteroatoms. The van der Waals surface area contributed by atoms with Crippen LogP contribution in [0, 0.1) is 0 Å². The predicted molar refractivity (Wildman–Crippen MR) is 147 cm³/mol. The van der Waals surface area contributed by atoms with Gasteiger partial charge in [0.15, 0.2) is 53.9 Å². The number of nitrogens with zero attached hydrogens (tertiary/aromatic N) is 8. The minimum atomic E-state index is -5.04. The number of nitrogen functional groups attached to an aromatic ring is 1. The molecule has 4 aromatic rings. The van der Waals surface area contributed by atoms with Crippen molar-refractivity contribution >= 4 is 50.0 Å². The Hall–Kier alpha value is -3.37. The summed E-state index contributed by atoms with van der Waals surface area (Å²) in [6.07, 6.45) is -6.45. The van der Waals surface area contributed by atoms with Gasteiger partial charge in [0.25, 0.3) is 0 Å². The fraction of sp³-hybridized carbons (Fsp3) is 0.524. The van der Waals surface area contributed by atoms with Crippen LogP contribution in [-0.4, -0.2) is 117 Å². The molecule has 0 spiro atoms. The fourth-order valence-corrected chi connectivity index (χ4v) is 6.49. The third kappa shape index (κ3) is 5.87. The Labute approximate surface area is 252 Å². The van der Waals surface area contributed by atoms with E-state index in [0.29, 0.717) is 11.3 Å². The Morgan fingerprint density at radius 1 is 1.00 bits per heavy atom. The number of nitrogens with one attached hydrogen (secondary N) is 1. The number of rotatable bonds is 11. The maximum absolute atomic E-state index is 13.1. The molecule has 0 amide bonds. The highest BCUT2D eigenvalue weighted by molar-refractivity contribution is 7.47. The third-order valence-electron chi connectivity index (χ3n) is 7.11. The molecule has 0 radical (unpaired) electrons. The maximum atomic E-state index is 13.1. The smallest absolute Gasteiger partial charge is 0.385 e. The molecule has 242 valence electrons. The Balaban J connectivity index is 1.18. The zero-order chi connectivity index (χ0) is 32.0. The van der Waals surface area contributed by atoms with E-state index in [-0.39, 0.29) is 22.6 Å². The molecule has 6 heterocycles. The molecule has 22 nitrogen and oxygen atoms in total. The Bertz CT molecular complexity index is 1760. The fourth-order valence-electron chi connectivity index (χ4n) is 5.10. The van der Waals surface area contributed by atoms with Gasteiger partial charge in [-0.2, -0.15) is 0 Å². The van der Waals surface area contributed by atoms with Gasteiger partial charge in [0.1, 0.15) is 42.0 Å². The van der Waals surface area contributed by atoms with E-state index in [2.05, 4.69) is 35.2 Å². The average Bonchev–Trinajstić information content (AvgIpc) is 3.77. The second kappa shape index (κ2) is 12.4. The van der Waals surface area contributed by atoms with E-state index in [4.69, 9.17) is 33.5 Å². The first-order chi connectivity index (χ1) is 21.5. The standard InChI is InChI=1S/C21H26N10O12P2/c1-23-16-10-18(27-5-25-16)31(7-29-10)19-11(32)13(42-44(34)35)8(40-19)3-39-45(36,37)43-14-12(33)20(41-21(14)38-2)30-6-28-9-15(22)24-4-26-17(9)30/h4-8,11-14,19-21,32-33H,3H2,1-2H3,(H4-,22,23,24,25,26,27,34,35,36,37)/p+1/t8-,11+,12+,13+,14-,19-,20-,21+/m1/s1. The molecule has 2 fully saturated rings. The van der Waals surface area contributed by atoms with Crippen LogP contribution in [0.15, 0.2) is 25.3 Å². The van der Waals surface area contributed by atoms with Gasteiger partial charge in [0.05, 0.1) is 19.3 Å². The SMILES string of the molecule is CNc1ncnc2c1ncn2[C@@H]1O[C@H](COP(=O)(O)O[C@H]2[C@@H](OC)O[C@@H](n3cnc4c(N)ncnc43)[C@H]2O)[C@H](O[P+](=O)O)[C@@H]1O. The first-order valence-corrected chi connectivity index (χ1v) is 15.6. The van der Waals surface area contributed by atoms with Crippen molar-refractivity contribution in [2.45, 2.75) is 49.3 Å².